The number of tetrazole rings is 1. The number of rotatable bonds is 7. The first-order chi connectivity index (χ1) is 14.2. The van der Waals surface area contributed by atoms with E-state index in [0.717, 1.165) is 36.3 Å². The molecule has 3 heterocycles. The minimum atomic E-state index is 0.387. The molecule has 0 unspecified atom stereocenters. The van der Waals surface area contributed by atoms with Gasteiger partial charge in [0.05, 0.1) is 12.2 Å². The number of nitrogens with one attached hydrogen (secondary N) is 1. The molecule has 29 heavy (non-hydrogen) atoms. The number of nitriles is 1. The van der Waals surface area contributed by atoms with Gasteiger partial charge in [0.2, 0.25) is 5.28 Å². The van der Waals surface area contributed by atoms with Gasteiger partial charge in [-0.15, -0.1) is 5.10 Å². The molecular formula is C19H18ClN9. The van der Waals surface area contributed by atoms with Crippen molar-refractivity contribution >= 4 is 11.6 Å². The van der Waals surface area contributed by atoms with Crippen molar-refractivity contribution < 1.29 is 0 Å². The fraction of sp³-hybridized carbons (Fsp3) is 0.263. The van der Waals surface area contributed by atoms with Gasteiger partial charge in [-0.2, -0.15) is 10.4 Å². The van der Waals surface area contributed by atoms with Crippen molar-refractivity contribution in [1.82, 2.24) is 40.0 Å². The number of H-pyrrole nitrogens is 1. The van der Waals surface area contributed by atoms with Crippen LogP contribution in [0.2, 0.25) is 5.28 Å². The molecule has 0 aliphatic rings. The van der Waals surface area contributed by atoms with Gasteiger partial charge in [0, 0.05) is 12.1 Å². The molecule has 9 nitrogen and oxygen atoms in total. The Bertz CT molecular complexity index is 1130. The number of aromatic nitrogens is 8. The first kappa shape index (κ1) is 18.8. The van der Waals surface area contributed by atoms with E-state index in [0.29, 0.717) is 29.0 Å². The molecule has 0 saturated carbocycles. The molecule has 146 valence electrons. The maximum absolute atomic E-state index is 9.47. The largest absolute Gasteiger partial charge is 0.298 e. The molecule has 1 N–H and O–H groups in total. The van der Waals surface area contributed by atoms with Crippen molar-refractivity contribution in [2.24, 2.45) is 0 Å². The third kappa shape index (κ3) is 3.88. The monoisotopic (exact) mass is 407 g/mol. The number of hydrogen-bond acceptors (Lipinski definition) is 6. The minimum absolute atomic E-state index is 0.387. The second-order valence-corrected chi connectivity index (χ2v) is 6.86. The van der Waals surface area contributed by atoms with Crippen LogP contribution in [0.5, 0.6) is 0 Å². The number of unbranched alkanes of at least 4 members (excludes halogenated alkanes) is 1. The highest BCUT2D eigenvalue weighted by atomic mass is 35.5. The lowest BCUT2D eigenvalue weighted by molar-refractivity contribution is 0.661. The summed E-state index contributed by atoms with van der Waals surface area (Å²) in [5, 5.41) is 28.2. The highest BCUT2D eigenvalue weighted by Crippen LogP contribution is 2.24. The summed E-state index contributed by atoms with van der Waals surface area (Å²) < 4.78 is 3.50. The summed E-state index contributed by atoms with van der Waals surface area (Å²) in [5.41, 5.74) is 3.05. The quantitative estimate of drug-likeness (QED) is 0.503. The number of benzene rings is 1. The number of halogens is 1. The molecule has 10 heteroatoms. The van der Waals surface area contributed by atoms with Crippen LogP contribution in [-0.2, 0) is 13.0 Å². The van der Waals surface area contributed by atoms with E-state index in [4.69, 9.17) is 11.6 Å². The van der Waals surface area contributed by atoms with E-state index in [1.165, 1.54) is 0 Å². The molecular weight excluding hydrogens is 390 g/mol. The normalized spacial score (nSPS) is 10.9. The van der Waals surface area contributed by atoms with E-state index >= 15 is 0 Å². The van der Waals surface area contributed by atoms with E-state index in [9.17, 15) is 5.26 Å². The predicted octanol–water partition coefficient (Wildman–Crippen LogP) is 3.16. The summed E-state index contributed by atoms with van der Waals surface area (Å²) in [4.78, 5) is 4.32. The molecule has 0 radical (unpaired) electrons. The Kier molecular flexibility index (Phi) is 5.35. The molecule has 4 aromatic rings. The van der Waals surface area contributed by atoms with Crippen LogP contribution >= 0.6 is 11.6 Å². The number of aryl methyl sites for hydroxylation is 1. The van der Waals surface area contributed by atoms with Gasteiger partial charge in [0.25, 0.3) is 0 Å². The van der Waals surface area contributed by atoms with Crippen LogP contribution in [0.4, 0.5) is 0 Å². The van der Waals surface area contributed by atoms with Crippen LogP contribution in [0, 0.1) is 11.3 Å². The summed E-state index contributed by atoms with van der Waals surface area (Å²) in [6.45, 7) is 2.65. The molecule has 0 spiro atoms. The standard InChI is InChI=1S/C19H18ClN9/c1-2-3-4-17-22-19(20)28(25-17)12-13-5-7-14(8-6-13)29-15(11-21)9-10-16(29)18-23-26-27-24-18/h5-10H,2-4,12H2,1H3,(H,23,24,26,27). The lowest BCUT2D eigenvalue weighted by atomic mass is 10.2. The van der Waals surface area contributed by atoms with Gasteiger partial charge in [0.1, 0.15) is 11.8 Å². The molecule has 4 rings (SSSR count). The summed E-state index contributed by atoms with van der Waals surface area (Å²) >= 11 is 6.23. The van der Waals surface area contributed by atoms with Crippen molar-refractivity contribution in [3.8, 4) is 23.3 Å². The van der Waals surface area contributed by atoms with E-state index < -0.39 is 0 Å². The van der Waals surface area contributed by atoms with Crippen LogP contribution < -0.4 is 0 Å². The smallest absolute Gasteiger partial charge is 0.221 e. The molecule has 0 fully saturated rings. The second kappa shape index (κ2) is 8.24. The zero-order valence-corrected chi connectivity index (χ0v) is 16.5. The number of nitrogens with zero attached hydrogens (tertiary/aromatic N) is 8. The number of hydrogen-bond donors (Lipinski definition) is 1. The predicted molar refractivity (Wildman–Crippen MR) is 106 cm³/mol. The van der Waals surface area contributed by atoms with Crippen molar-refractivity contribution in [2.45, 2.75) is 32.7 Å². The lowest BCUT2D eigenvalue weighted by Crippen LogP contribution is -2.04. The second-order valence-electron chi connectivity index (χ2n) is 6.53. The topological polar surface area (TPSA) is 114 Å². The van der Waals surface area contributed by atoms with Gasteiger partial charge in [0.15, 0.2) is 11.6 Å². The van der Waals surface area contributed by atoms with Crippen molar-refractivity contribution in [3.63, 3.8) is 0 Å². The fourth-order valence-electron chi connectivity index (χ4n) is 3.09. The molecule has 1 aromatic carbocycles. The van der Waals surface area contributed by atoms with E-state index in [1.54, 1.807) is 15.3 Å². The molecule has 0 aliphatic carbocycles. The van der Waals surface area contributed by atoms with Crippen LogP contribution in [0.1, 0.15) is 36.8 Å². The van der Waals surface area contributed by atoms with Gasteiger partial charge >= 0.3 is 0 Å². The molecule has 3 aromatic heterocycles. The lowest BCUT2D eigenvalue weighted by Gasteiger charge is -2.10. The maximum Gasteiger partial charge on any atom is 0.221 e. The number of aromatic amines is 1. The summed E-state index contributed by atoms with van der Waals surface area (Å²) in [7, 11) is 0. The average molecular weight is 408 g/mol. The van der Waals surface area contributed by atoms with Crippen LogP contribution in [0.3, 0.4) is 0 Å². The molecule has 0 bridgehead atoms. The van der Waals surface area contributed by atoms with Gasteiger partial charge in [-0.3, -0.25) is 4.57 Å². The van der Waals surface area contributed by atoms with E-state index in [-0.39, 0.29) is 0 Å². The van der Waals surface area contributed by atoms with E-state index in [1.807, 2.05) is 30.3 Å². The summed E-state index contributed by atoms with van der Waals surface area (Å²) in [5.74, 6) is 1.26. The summed E-state index contributed by atoms with van der Waals surface area (Å²) in [6, 6.07) is 13.6. The Morgan fingerprint density at radius 2 is 2.00 bits per heavy atom. The van der Waals surface area contributed by atoms with Crippen LogP contribution in [0.25, 0.3) is 17.2 Å². The van der Waals surface area contributed by atoms with Gasteiger partial charge in [-0.25, -0.2) is 14.8 Å². The van der Waals surface area contributed by atoms with Crippen molar-refractivity contribution in [3.05, 3.63) is 58.8 Å². The van der Waals surface area contributed by atoms with Crippen molar-refractivity contribution in [2.75, 3.05) is 0 Å². The Labute approximate surface area is 172 Å². The van der Waals surface area contributed by atoms with E-state index in [2.05, 4.69) is 43.7 Å². The van der Waals surface area contributed by atoms with Crippen LogP contribution in [-0.4, -0.2) is 40.0 Å². The van der Waals surface area contributed by atoms with Gasteiger partial charge in [-0.1, -0.05) is 25.5 Å². The first-order valence-electron chi connectivity index (χ1n) is 9.24. The minimum Gasteiger partial charge on any atom is -0.298 e. The first-order valence-corrected chi connectivity index (χ1v) is 9.62. The van der Waals surface area contributed by atoms with Gasteiger partial charge < -0.3 is 0 Å². The molecule has 0 aliphatic heterocycles. The van der Waals surface area contributed by atoms with Gasteiger partial charge in [-0.05, 0) is 58.3 Å². The Balaban J connectivity index is 1.59. The fourth-order valence-corrected chi connectivity index (χ4v) is 3.28. The molecule has 0 saturated heterocycles. The third-order valence-electron chi connectivity index (χ3n) is 4.53. The van der Waals surface area contributed by atoms with Crippen LogP contribution in [0.15, 0.2) is 36.4 Å². The molecule has 0 amide bonds. The highest BCUT2D eigenvalue weighted by molar-refractivity contribution is 6.28. The highest BCUT2D eigenvalue weighted by Gasteiger charge is 2.15. The zero-order chi connectivity index (χ0) is 20.2. The Hall–Kier alpha value is -3.51. The third-order valence-corrected chi connectivity index (χ3v) is 4.81. The zero-order valence-electron chi connectivity index (χ0n) is 15.7. The Morgan fingerprint density at radius 1 is 1.17 bits per heavy atom. The average Bonchev–Trinajstić information content (AvgIpc) is 3.47. The molecule has 0 atom stereocenters. The Morgan fingerprint density at radius 3 is 2.69 bits per heavy atom. The van der Waals surface area contributed by atoms with Crippen molar-refractivity contribution in [1.29, 1.82) is 5.26 Å². The SMILES string of the molecule is CCCCc1nc(Cl)n(Cc2ccc(-n3c(C#N)ccc3-c3nnn[nH]3)cc2)n1. The summed E-state index contributed by atoms with van der Waals surface area (Å²) in [6.07, 6.45) is 2.95. The maximum atomic E-state index is 9.47.